The van der Waals surface area contributed by atoms with Crippen LogP contribution in [-0.2, 0) is 4.79 Å². The van der Waals surface area contributed by atoms with Crippen LogP contribution in [0.25, 0.3) is 0 Å². The normalized spacial score (nSPS) is 22.0. The van der Waals surface area contributed by atoms with E-state index >= 15 is 0 Å². The van der Waals surface area contributed by atoms with Gasteiger partial charge in [0.1, 0.15) is 6.10 Å². The molecule has 2 amide bonds. The highest BCUT2D eigenvalue weighted by Crippen LogP contribution is 2.16. The van der Waals surface area contributed by atoms with Crippen LogP contribution in [0.2, 0.25) is 0 Å². The van der Waals surface area contributed by atoms with Gasteiger partial charge < -0.3 is 20.4 Å². The van der Waals surface area contributed by atoms with Gasteiger partial charge in [-0.2, -0.15) is 0 Å². The van der Waals surface area contributed by atoms with E-state index in [1.807, 2.05) is 13.8 Å². The van der Waals surface area contributed by atoms with E-state index in [0.717, 1.165) is 6.07 Å². The molecule has 1 aromatic rings. The van der Waals surface area contributed by atoms with Crippen LogP contribution in [0.5, 0.6) is 0 Å². The van der Waals surface area contributed by atoms with E-state index in [4.69, 9.17) is 0 Å². The molecule has 8 heteroatoms. The molecule has 1 aromatic heterocycles. The van der Waals surface area contributed by atoms with Crippen molar-refractivity contribution in [3.8, 4) is 0 Å². The Morgan fingerprint density at radius 3 is 2.85 bits per heavy atom. The molecule has 2 rings (SSSR count). The Labute approximate surface area is 152 Å². The van der Waals surface area contributed by atoms with Crippen molar-refractivity contribution in [1.29, 1.82) is 0 Å². The molecule has 2 heterocycles. The number of aromatic nitrogens is 1. The summed E-state index contributed by atoms with van der Waals surface area (Å²) in [6.45, 7) is 4.21. The second-order valence-electron chi connectivity index (χ2n) is 7.11. The number of carbonyl (C=O) groups is 2. The molecule has 1 aliphatic rings. The van der Waals surface area contributed by atoms with E-state index in [-0.39, 0.29) is 24.6 Å². The molecular weight excluding hydrogens is 341 g/mol. The number of rotatable bonds is 5. The molecule has 1 fully saturated rings. The van der Waals surface area contributed by atoms with Crippen LogP contribution in [0.3, 0.4) is 0 Å². The number of amides is 2. The number of aliphatic hydroxyl groups excluding tert-OH is 2. The summed E-state index contributed by atoms with van der Waals surface area (Å²) in [5, 5.41) is 22.8. The predicted octanol–water partition coefficient (Wildman–Crippen LogP) is 0.709. The van der Waals surface area contributed by atoms with E-state index in [0.29, 0.717) is 19.4 Å². The van der Waals surface area contributed by atoms with Crippen molar-refractivity contribution in [2.75, 3.05) is 13.1 Å². The lowest BCUT2D eigenvalue weighted by atomic mass is 10.1. The van der Waals surface area contributed by atoms with E-state index in [2.05, 4.69) is 10.3 Å². The third kappa shape index (κ3) is 5.47. The van der Waals surface area contributed by atoms with Crippen molar-refractivity contribution in [3.05, 3.63) is 29.8 Å². The maximum atomic E-state index is 13.7. The van der Waals surface area contributed by atoms with Crippen LogP contribution >= 0.6 is 0 Å². The third-order valence-electron chi connectivity index (χ3n) is 4.34. The highest BCUT2D eigenvalue weighted by Gasteiger charge is 2.30. The third-order valence-corrected chi connectivity index (χ3v) is 4.34. The van der Waals surface area contributed by atoms with E-state index < -0.39 is 35.9 Å². The SMILES string of the molecule is CC(C)CC(O)C(=O)N1CC[C@H](NC(=O)c2ncccc2F)C[C@H](O)C1. The van der Waals surface area contributed by atoms with Crippen LogP contribution in [0.15, 0.2) is 18.3 Å². The number of carbonyl (C=O) groups excluding carboxylic acids is 2. The van der Waals surface area contributed by atoms with Crippen LogP contribution < -0.4 is 5.32 Å². The van der Waals surface area contributed by atoms with Crippen LogP contribution in [-0.4, -0.2) is 63.3 Å². The Kier molecular flexibility index (Phi) is 7.05. The van der Waals surface area contributed by atoms with Gasteiger partial charge in [0.05, 0.1) is 6.10 Å². The molecule has 26 heavy (non-hydrogen) atoms. The maximum absolute atomic E-state index is 13.7. The largest absolute Gasteiger partial charge is 0.391 e. The quantitative estimate of drug-likeness (QED) is 0.711. The molecule has 144 valence electrons. The first-order chi connectivity index (χ1) is 12.3. The molecule has 1 unspecified atom stereocenters. The van der Waals surface area contributed by atoms with Crippen molar-refractivity contribution in [3.63, 3.8) is 0 Å². The van der Waals surface area contributed by atoms with Crippen molar-refractivity contribution in [2.24, 2.45) is 5.92 Å². The van der Waals surface area contributed by atoms with Gasteiger partial charge in [0.25, 0.3) is 11.8 Å². The molecule has 3 atom stereocenters. The highest BCUT2D eigenvalue weighted by atomic mass is 19.1. The number of hydrogen-bond donors (Lipinski definition) is 3. The number of hydrogen-bond acceptors (Lipinski definition) is 5. The molecular formula is C18H26FN3O4. The fourth-order valence-electron chi connectivity index (χ4n) is 3.07. The Bertz CT molecular complexity index is 641. The molecule has 0 radical (unpaired) electrons. The molecule has 0 spiro atoms. The van der Waals surface area contributed by atoms with Gasteiger partial charge >= 0.3 is 0 Å². The summed E-state index contributed by atoms with van der Waals surface area (Å²) in [6, 6.07) is 2.13. The van der Waals surface area contributed by atoms with Crippen LogP contribution in [0, 0.1) is 11.7 Å². The number of halogens is 1. The number of nitrogens with one attached hydrogen (secondary N) is 1. The topological polar surface area (TPSA) is 103 Å². The van der Waals surface area contributed by atoms with Gasteiger partial charge in [-0.3, -0.25) is 9.59 Å². The first-order valence-corrected chi connectivity index (χ1v) is 8.84. The molecule has 1 aliphatic heterocycles. The summed E-state index contributed by atoms with van der Waals surface area (Å²) in [7, 11) is 0. The number of likely N-dealkylation sites (tertiary alicyclic amines) is 1. The number of nitrogens with zero attached hydrogens (tertiary/aromatic N) is 2. The summed E-state index contributed by atoms with van der Waals surface area (Å²) in [5.74, 6) is -1.61. The average Bonchev–Trinajstić information content (AvgIpc) is 2.75. The first kappa shape index (κ1) is 20.3. The minimum absolute atomic E-state index is 0.0955. The zero-order valence-electron chi connectivity index (χ0n) is 15.1. The number of β-amino-alcohol motifs (C(OH)–C–C–N with tert-alkyl or cyclic N) is 1. The Morgan fingerprint density at radius 2 is 2.19 bits per heavy atom. The summed E-state index contributed by atoms with van der Waals surface area (Å²) < 4.78 is 13.7. The summed E-state index contributed by atoms with van der Waals surface area (Å²) >= 11 is 0. The molecule has 0 aliphatic carbocycles. The molecule has 0 bridgehead atoms. The summed E-state index contributed by atoms with van der Waals surface area (Å²) in [5.41, 5.74) is -0.300. The summed E-state index contributed by atoms with van der Waals surface area (Å²) in [4.78, 5) is 29.7. The van der Waals surface area contributed by atoms with Gasteiger partial charge in [-0.25, -0.2) is 9.37 Å². The number of pyridine rings is 1. The second-order valence-corrected chi connectivity index (χ2v) is 7.11. The molecule has 7 nitrogen and oxygen atoms in total. The Balaban J connectivity index is 1.97. The van der Waals surface area contributed by atoms with Crippen molar-refractivity contribution in [2.45, 2.75) is 51.4 Å². The molecule has 1 saturated heterocycles. The van der Waals surface area contributed by atoms with E-state index in [1.165, 1.54) is 17.2 Å². The van der Waals surface area contributed by atoms with Crippen molar-refractivity contribution in [1.82, 2.24) is 15.2 Å². The molecule has 3 N–H and O–H groups in total. The maximum Gasteiger partial charge on any atom is 0.273 e. The van der Waals surface area contributed by atoms with Gasteiger partial charge in [0.2, 0.25) is 0 Å². The van der Waals surface area contributed by atoms with Gasteiger partial charge in [-0.1, -0.05) is 13.8 Å². The van der Waals surface area contributed by atoms with Gasteiger partial charge in [-0.05, 0) is 37.3 Å². The minimum atomic E-state index is -1.10. The molecule has 0 saturated carbocycles. The average molecular weight is 367 g/mol. The Morgan fingerprint density at radius 1 is 1.46 bits per heavy atom. The predicted molar refractivity (Wildman–Crippen MR) is 92.7 cm³/mol. The zero-order valence-corrected chi connectivity index (χ0v) is 15.1. The number of aliphatic hydroxyl groups is 2. The van der Waals surface area contributed by atoms with E-state index in [1.54, 1.807) is 0 Å². The fraction of sp³-hybridized carbons (Fsp3) is 0.611. The van der Waals surface area contributed by atoms with Crippen LogP contribution in [0.1, 0.15) is 43.6 Å². The van der Waals surface area contributed by atoms with Gasteiger partial charge in [0, 0.05) is 25.3 Å². The summed E-state index contributed by atoms with van der Waals surface area (Å²) in [6.07, 6.45) is 0.380. The second kappa shape index (κ2) is 9.05. The van der Waals surface area contributed by atoms with Crippen molar-refractivity contribution < 1.29 is 24.2 Å². The zero-order chi connectivity index (χ0) is 19.3. The lowest BCUT2D eigenvalue weighted by Gasteiger charge is -2.25. The smallest absolute Gasteiger partial charge is 0.273 e. The fourth-order valence-corrected chi connectivity index (χ4v) is 3.07. The van der Waals surface area contributed by atoms with E-state index in [9.17, 15) is 24.2 Å². The van der Waals surface area contributed by atoms with Gasteiger partial charge in [-0.15, -0.1) is 0 Å². The Hall–Kier alpha value is -2.06. The highest BCUT2D eigenvalue weighted by molar-refractivity contribution is 5.92. The van der Waals surface area contributed by atoms with Crippen LogP contribution in [0.4, 0.5) is 4.39 Å². The lowest BCUT2D eigenvalue weighted by molar-refractivity contribution is -0.142. The monoisotopic (exact) mass is 367 g/mol. The van der Waals surface area contributed by atoms with Crippen molar-refractivity contribution >= 4 is 11.8 Å². The van der Waals surface area contributed by atoms with Gasteiger partial charge in [0.15, 0.2) is 11.5 Å². The minimum Gasteiger partial charge on any atom is -0.391 e. The first-order valence-electron chi connectivity index (χ1n) is 8.84. The molecule has 0 aromatic carbocycles. The lowest BCUT2D eigenvalue weighted by Crippen LogP contribution is -2.43. The standard InChI is InChI=1S/C18H26FN3O4/c1-11(2)8-15(24)18(26)22-7-5-12(9-13(23)10-22)21-17(25)16-14(19)4-3-6-20-16/h3-4,6,11-13,15,23-24H,5,7-10H2,1-2H3,(H,21,25)/t12-,13-,15?/m0/s1.